The first-order valence-corrected chi connectivity index (χ1v) is 5.99. The van der Waals surface area contributed by atoms with Crippen LogP contribution in [0.4, 0.5) is 5.69 Å². The molecule has 1 rings (SSSR count). The van der Waals surface area contributed by atoms with Gasteiger partial charge in [0, 0.05) is 5.69 Å². The maximum Gasteiger partial charge on any atom is 0.213 e. The molecule has 0 bridgehead atoms. The Bertz CT molecular complexity index is 457. The van der Waals surface area contributed by atoms with Crippen LogP contribution in [-0.4, -0.2) is 15.0 Å². The minimum Gasteiger partial charge on any atom is -0.374 e. The number of primary sulfonamides is 1. The quantitative estimate of drug-likeness (QED) is 0.732. The largest absolute Gasteiger partial charge is 0.374 e. The van der Waals surface area contributed by atoms with E-state index in [2.05, 4.69) is 11.2 Å². The lowest BCUT2D eigenvalue weighted by Gasteiger charge is -2.03. The second-order valence-electron chi connectivity index (χ2n) is 3.06. The second-order valence-corrected chi connectivity index (χ2v) is 4.68. The van der Waals surface area contributed by atoms with Crippen LogP contribution in [0.1, 0.15) is 5.56 Å². The van der Waals surface area contributed by atoms with Crippen molar-refractivity contribution >= 4 is 15.7 Å². The van der Waals surface area contributed by atoms with Crippen molar-refractivity contribution < 1.29 is 8.42 Å². The third-order valence-electron chi connectivity index (χ3n) is 1.72. The van der Waals surface area contributed by atoms with Gasteiger partial charge in [0.1, 0.15) is 0 Å². The molecule has 0 heterocycles. The van der Waals surface area contributed by atoms with Crippen LogP contribution in [-0.2, 0) is 15.8 Å². The fraction of sp³-hybridized carbons (Fsp3) is 0.200. The van der Waals surface area contributed by atoms with Gasteiger partial charge in [0.05, 0.1) is 12.3 Å². The van der Waals surface area contributed by atoms with Gasteiger partial charge in [0.2, 0.25) is 10.0 Å². The van der Waals surface area contributed by atoms with Crippen molar-refractivity contribution in [2.24, 2.45) is 5.14 Å². The highest BCUT2D eigenvalue weighted by Gasteiger charge is 2.04. The number of rotatable bonds is 4. The van der Waals surface area contributed by atoms with E-state index in [1.54, 1.807) is 24.3 Å². The van der Waals surface area contributed by atoms with E-state index in [1.807, 2.05) is 0 Å². The molecule has 0 unspecified atom stereocenters. The van der Waals surface area contributed by atoms with Gasteiger partial charge in [0.25, 0.3) is 0 Å². The second kappa shape index (κ2) is 4.82. The van der Waals surface area contributed by atoms with Gasteiger partial charge in [-0.25, -0.2) is 13.6 Å². The molecule has 0 saturated carbocycles. The topological polar surface area (TPSA) is 72.2 Å². The Morgan fingerprint density at radius 3 is 2.40 bits per heavy atom. The highest BCUT2D eigenvalue weighted by molar-refractivity contribution is 7.88. The Labute approximate surface area is 89.5 Å². The zero-order valence-corrected chi connectivity index (χ0v) is 8.92. The standard InChI is InChI=1S/C10H12N2O2S/c1-2-7-12-10-5-3-9(4-6-10)8-15(11,13)14/h1,3-6,12H,7-8H2,(H2,11,13,14). The van der Waals surface area contributed by atoms with E-state index in [-0.39, 0.29) is 5.75 Å². The van der Waals surface area contributed by atoms with Crippen LogP contribution in [0.3, 0.4) is 0 Å². The first kappa shape index (κ1) is 11.6. The van der Waals surface area contributed by atoms with E-state index in [9.17, 15) is 8.42 Å². The molecule has 1 aromatic carbocycles. The number of sulfonamides is 1. The summed E-state index contributed by atoms with van der Waals surface area (Å²) in [6.07, 6.45) is 5.08. The molecule has 1 aromatic rings. The average Bonchev–Trinajstić information content (AvgIpc) is 2.14. The van der Waals surface area contributed by atoms with Gasteiger partial charge in [-0.2, -0.15) is 0 Å². The van der Waals surface area contributed by atoms with Gasteiger partial charge in [-0.3, -0.25) is 0 Å². The van der Waals surface area contributed by atoms with Crippen LogP contribution < -0.4 is 10.5 Å². The number of terminal acetylenes is 1. The van der Waals surface area contributed by atoms with Crippen molar-refractivity contribution in [3.8, 4) is 12.3 Å². The van der Waals surface area contributed by atoms with Crippen LogP contribution in [0.5, 0.6) is 0 Å². The summed E-state index contributed by atoms with van der Waals surface area (Å²) in [4.78, 5) is 0. The first-order chi connectivity index (χ1) is 7.01. The molecule has 0 atom stereocenters. The molecule has 0 aliphatic rings. The SMILES string of the molecule is C#CCNc1ccc(CS(N)(=O)=O)cc1. The normalized spacial score (nSPS) is 10.7. The smallest absolute Gasteiger partial charge is 0.213 e. The van der Waals surface area contributed by atoms with Gasteiger partial charge in [-0.05, 0) is 17.7 Å². The number of nitrogens with one attached hydrogen (secondary N) is 1. The van der Waals surface area contributed by atoms with Gasteiger partial charge >= 0.3 is 0 Å². The number of benzene rings is 1. The molecular formula is C10H12N2O2S. The van der Waals surface area contributed by atoms with Gasteiger partial charge < -0.3 is 5.32 Å². The molecule has 15 heavy (non-hydrogen) atoms. The van der Waals surface area contributed by atoms with E-state index >= 15 is 0 Å². The van der Waals surface area contributed by atoms with Crippen LogP contribution in [0, 0.1) is 12.3 Å². The van der Waals surface area contributed by atoms with Gasteiger partial charge in [0.15, 0.2) is 0 Å². The Kier molecular flexibility index (Phi) is 3.72. The number of hydrogen-bond acceptors (Lipinski definition) is 3. The van der Waals surface area contributed by atoms with Crippen LogP contribution in [0.15, 0.2) is 24.3 Å². The highest BCUT2D eigenvalue weighted by atomic mass is 32.2. The van der Waals surface area contributed by atoms with Crippen molar-refractivity contribution in [2.75, 3.05) is 11.9 Å². The molecule has 0 aliphatic carbocycles. The Morgan fingerprint density at radius 1 is 1.33 bits per heavy atom. The minimum atomic E-state index is -3.46. The van der Waals surface area contributed by atoms with E-state index in [4.69, 9.17) is 11.6 Å². The zero-order valence-electron chi connectivity index (χ0n) is 8.10. The molecular weight excluding hydrogens is 212 g/mol. The summed E-state index contributed by atoms with van der Waals surface area (Å²) in [6, 6.07) is 6.92. The predicted octanol–water partition coefficient (Wildman–Crippen LogP) is 0.520. The number of anilines is 1. The predicted molar refractivity (Wildman–Crippen MR) is 60.6 cm³/mol. The highest BCUT2D eigenvalue weighted by Crippen LogP contribution is 2.10. The number of hydrogen-bond donors (Lipinski definition) is 2. The lowest BCUT2D eigenvalue weighted by Crippen LogP contribution is -2.14. The van der Waals surface area contributed by atoms with Crippen molar-refractivity contribution in [3.05, 3.63) is 29.8 Å². The summed E-state index contributed by atoms with van der Waals surface area (Å²) in [5.74, 6) is 2.29. The summed E-state index contributed by atoms with van der Waals surface area (Å²) in [5.41, 5.74) is 1.51. The van der Waals surface area contributed by atoms with Crippen molar-refractivity contribution in [2.45, 2.75) is 5.75 Å². The molecule has 0 amide bonds. The molecule has 0 saturated heterocycles. The summed E-state index contributed by atoms with van der Waals surface area (Å²) in [7, 11) is -3.46. The molecule has 80 valence electrons. The van der Waals surface area contributed by atoms with Crippen molar-refractivity contribution in [1.29, 1.82) is 0 Å². The first-order valence-electron chi connectivity index (χ1n) is 4.28. The maximum absolute atomic E-state index is 10.8. The molecule has 0 spiro atoms. The monoisotopic (exact) mass is 224 g/mol. The molecule has 5 heteroatoms. The Balaban J connectivity index is 2.69. The molecule has 0 aromatic heterocycles. The summed E-state index contributed by atoms with van der Waals surface area (Å²) < 4.78 is 21.6. The molecule has 0 aliphatic heterocycles. The maximum atomic E-state index is 10.8. The summed E-state index contributed by atoms with van der Waals surface area (Å²) in [6.45, 7) is 0.439. The van der Waals surface area contributed by atoms with E-state index in [0.717, 1.165) is 5.69 Å². The van der Waals surface area contributed by atoms with Crippen molar-refractivity contribution in [3.63, 3.8) is 0 Å². The summed E-state index contributed by atoms with van der Waals surface area (Å²) >= 11 is 0. The van der Waals surface area contributed by atoms with E-state index < -0.39 is 10.0 Å². The van der Waals surface area contributed by atoms with Crippen LogP contribution in [0.2, 0.25) is 0 Å². The molecule has 0 fully saturated rings. The average molecular weight is 224 g/mol. The van der Waals surface area contributed by atoms with Gasteiger partial charge in [-0.1, -0.05) is 18.1 Å². The Morgan fingerprint density at radius 2 is 1.93 bits per heavy atom. The molecule has 0 radical (unpaired) electrons. The fourth-order valence-corrected chi connectivity index (χ4v) is 1.76. The molecule has 3 N–H and O–H groups in total. The molecule has 4 nitrogen and oxygen atoms in total. The van der Waals surface area contributed by atoms with Crippen molar-refractivity contribution in [1.82, 2.24) is 0 Å². The fourth-order valence-electron chi connectivity index (χ4n) is 1.10. The van der Waals surface area contributed by atoms with Gasteiger partial charge in [-0.15, -0.1) is 6.42 Å². The lowest BCUT2D eigenvalue weighted by atomic mass is 10.2. The summed E-state index contributed by atoms with van der Waals surface area (Å²) in [5, 5.41) is 7.88. The zero-order chi connectivity index (χ0) is 11.3. The third-order valence-corrected chi connectivity index (χ3v) is 2.45. The number of nitrogens with two attached hydrogens (primary N) is 1. The lowest BCUT2D eigenvalue weighted by molar-refractivity contribution is 0.597. The third kappa shape index (κ3) is 4.49. The van der Waals surface area contributed by atoms with Crippen LogP contribution >= 0.6 is 0 Å². The Hall–Kier alpha value is -1.51. The van der Waals surface area contributed by atoms with Crippen LogP contribution in [0.25, 0.3) is 0 Å². The minimum absolute atomic E-state index is 0.150. The van der Waals surface area contributed by atoms with E-state index in [1.165, 1.54) is 0 Å². The van der Waals surface area contributed by atoms with E-state index in [0.29, 0.717) is 12.1 Å².